The van der Waals surface area contributed by atoms with Crippen molar-refractivity contribution in [3.05, 3.63) is 20.8 Å². The zero-order chi connectivity index (χ0) is 8.72. The number of carbonyl (C=O) groups is 1. The van der Waals surface area contributed by atoms with Crippen molar-refractivity contribution in [2.45, 2.75) is 0 Å². The minimum absolute atomic E-state index is 0.400. The lowest BCUT2D eigenvalue weighted by Crippen LogP contribution is -1.92. The summed E-state index contributed by atoms with van der Waals surface area (Å²) in [6, 6.07) is 1.85. The molecule has 2 aromatic heterocycles. The van der Waals surface area contributed by atoms with Gasteiger partial charge in [-0.25, -0.2) is 4.79 Å². The average molecular weight is 263 g/mol. The average Bonchev–Trinajstić information content (AvgIpc) is 2.43. The minimum Gasteiger partial charge on any atom is -0.478 e. The van der Waals surface area contributed by atoms with E-state index in [1.807, 2.05) is 6.07 Å². The van der Waals surface area contributed by atoms with E-state index >= 15 is 0 Å². The minimum atomic E-state index is -0.855. The predicted octanol–water partition coefficient (Wildman–Crippen LogP) is 3.42. The Hall–Kier alpha value is -0.390. The van der Waals surface area contributed by atoms with Gasteiger partial charge in [0.15, 0.2) is 0 Å². The summed E-state index contributed by atoms with van der Waals surface area (Å²) in [6.45, 7) is 0. The number of carboxylic acids is 1. The van der Waals surface area contributed by atoms with Gasteiger partial charge in [-0.1, -0.05) is 0 Å². The summed E-state index contributed by atoms with van der Waals surface area (Å²) in [5.41, 5.74) is 0.400. The maximum atomic E-state index is 10.7. The quantitative estimate of drug-likeness (QED) is 0.855. The molecule has 0 amide bonds. The number of halogens is 1. The molecule has 0 aliphatic rings. The van der Waals surface area contributed by atoms with Crippen LogP contribution in [-0.2, 0) is 0 Å². The van der Waals surface area contributed by atoms with Gasteiger partial charge < -0.3 is 5.11 Å². The maximum absolute atomic E-state index is 10.7. The lowest BCUT2D eigenvalue weighted by Gasteiger charge is -1.84. The molecule has 62 valence electrons. The molecule has 0 unspecified atom stereocenters. The van der Waals surface area contributed by atoms with Crippen LogP contribution in [0.25, 0.3) is 9.40 Å². The first-order valence-electron chi connectivity index (χ1n) is 3.08. The lowest BCUT2D eigenvalue weighted by molar-refractivity contribution is 0.0699. The van der Waals surface area contributed by atoms with E-state index < -0.39 is 5.97 Å². The van der Waals surface area contributed by atoms with E-state index in [9.17, 15) is 4.79 Å². The van der Waals surface area contributed by atoms with Crippen LogP contribution in [0.2, 0.25) is 0 Å². The first-order chi connectivity index (χ1) is 5.68. The smallest absolute Gasteiger partial charge is 0.337 e. The van der Waals surface area contributed by atoms with Crippen molar-refractivity contribution in [1.82, 2.24) is 0 Å². The second kappa shape index (κ2) is 2.83. The summed E-state index contributed by atoms with van der Waals surface area (Å²) in [4.78, 5) is 10.7. The van der Waals surface area contributed by atoms with Crippen LogP contribution in [-0.4, -0.2) is 11.1 Å². The zero-order valence-corrected chi connectivity index (χ0v) is 8.92. The molecule has 1 N–H and O–H groups in total. The van der Waals surface area contributed by atoms with Gasteiger partial charge in [-0.05, 0) is 22.0 Å². The van der Waals surface area contributed by atoms with Crippen LogP contribution in [0.1, 0.15) is 10.4 Å². The van der Waals surface area contributed by atoms with Gasteiger partial charge in [-0.15, -0.1) is 22.7 Å². The van der Waals surface area contributed by atoms with Gasteiger partial charge in [0, 0.05) is 10.8 Å². The highest BCUT2D eigenvalue weighted by molar-refractivity contribution is 9.11. The number of carboxylic acid groups (broad SMARTS) is 1. The highest BCUT2D eigenvalue weighted by Crippen LogP contribution is 2.36. The summed E-state index contributed by atoms with van der Waals surface area (Å²) in [5.74, 6) is -0.855. The van der Waals surface area contributed by atoms with Crippen molar-refractivity contribution in [2.75, 3.05) is 0 Å². The lowest BCUT2D eigenvalue weighted by atomic mass is 10.2. The van der Waals surface area contributed by atoms with Gasteiger partial charge in [0.05, 0.1) is 13.4 Å². The second-order valence-corrected chi connectivity index (χ2v) is 5.78. The van der Waals surface area contributed by atoms with Crippen molar-refractivity contribution >= 4 is 54.0 Å². The third kappa shape index (κ3) is 1.18. The van der Waals surface area contributed by atoms with E-state index in [0.29, 0.717) is 5.56 Å². The van der Waals surface area contributed by atoms with E-state index in [1.54, 1.807) is 16.7 Å². The Labute approximate surface area is 84.6 Å². The van der Waals surface area contributed by atoms with E-state index in [4.69, 9.17) is 5.11 Å². The second-order valence-electron chi connectivity index (χ2n) is 2.21. The predicted molar refractivity (Wildman–Crippen MR) is 54.4 cm³/mol. The standard InChI is InChI=1S/C7H3BrO2S2/c8-5-1-3-4(6(9)10)2-11-7(3)12-5/h1-2H,(H,9,10). The molecule has 0 aromatic carbocycles. The summed E-state index contributed by atoms with van der Waals surface area (Å²) in [7, 11) is 0. The number of thiophene rings is 2. The van der Waals surface area contributed by atoms with Gasteiger partial charge in [0.2, 0.25) is 0 Å². The number of hydrogen-bond acceptors (Lipinski definition) is 3. The van der Waals surface area contributed by atoms with Crippen molar-refractivity contribution in [3.8, 4) is 0 Å². The maximum Gasteiger partial charge on any atom is 0.337 e. The Morgan fingerprint density at radius 2 is 2.33 bits per heavy atom. The summed E-state index contributed by atoms with van der Waals surface area (Å²) in [5, 5.41) is 11.3. The van der Waals surface area contributed by atoms with Crippen LogP contribution >= 0.6 is 38.6 Å². The Balaban J connectivity index is 2.76. The molecule has 0 saturated carbocycles. The Kier molecular flexibility index (Phi) is 1.94. The van der Waals surface area contributed by atoms with Crippen molar-refractivity contribution < 1.29 is 9.90 Å². The van der Waals surface area contributed by atoms with E-state index in [0.717, 1.165) is 13.2 Å². The molecule has 5 heteroatoms. The monoisotopic (exact) mass is 262 g/mol. The van der Waals surface area contributed by atoms with Crippen LogP contribution in [0.5, 0.6) is 0 Å². The molecule has 0 fully saturated rings. The third-order valence-corrected chi connectivity index (χ3v) is 4.23. The zero-order valence-electron chi connectivity index (χ0n) is 5.70. The fourth-order valence-corrected chi connectivity index (χ4v) is 3.99. The van der Waals surface area contributed by atoms with Crippen molar-refractivity contribution in [2.24, 2.45) is 0 Å². The number of hydrogen-bond donors (Lipinski definition) is 1. The van der Waals surface area contributed by atoms with Gasteiger partial charge in [0.1, 0.15) is 0 Å². The molecular weight excluding hydrogens is 260 g/mol. The molecule has 2 rings (SSSR count). The first kappa shape index (κ1) is 8.22. The molecule has 2 aromatic rings. The first-order valence-corrected chi connectivity index (χ1v) is 5.57. The molecular formula is C7H3BrO2S2. The highest BCUT2D eigenvalue weighted by atomic mass is 79.9. The van der Waals surface area contributed by atoms with Gasteiger partial charge in [0.25, 0.3) is 0 Å². The molecule has 0 bridgehead atoms. The van der Waals surface area contributed by atoms with Crippen molar-refractivity contribution in [1.29, 1.82) is 0 Å². The van der Waals surface area contributed by atoms with Crippen molar-refractivity contribution in [3.63, 3.8) is 0 Å². The van der Waals surface area contributed by atoms with Gasteiger partial charge in [-0.2, -0.15) is 0 Å². The number of aromatic carboxylic acids is 1. The molecule has 0 atom stereocenters. The molecule has 2 heterocycles. The van der Waals surface area contributed by atoms with Gasteiger partial charge in [-0.3, -0.25) is 0 Å². The van der Waals surface area contributed by atoms with E-state index in [1.165, 1.54) is 11.3 Å². The number of fused-ring (bicyclic) bond motifs is 1. The fourth-order valence-electron chi connectivity index (χ4n) is 0.962. The SMILES string of the molecule is O=C(O)c1csc2sc(Br)cc12. The Morgan fingerprint density at radius 3 is 3.00 bits per heavy atom. The van der Waals surface area contributed by atoms with E-state index in [2.05, 4.69) is 15.9 Å². The third-order valence-electron chi connectivity index (χ3n) is 1.47. The van der Waals surface area contributed by atoms with Crippen LogP contribution in [0.3, 0.4) is 0 Å². The largest absolute Gasteiger partial charge is 0.478 e. The Morgan fingerprint density at radius 1 is 1.58 bits per heavy atom. The fraction of sp³-hybridized carbons (Fsp3) is 0. The Bertz CT molecular complexity index is 443. The molecule has 0 aliphatic carbocycles. The molecule has 12 heavy (non-hydrogen) atoms. The molecule has 0 spiro atoms. The van der Waals surface area contributed by atoms with Crippen LogP contribution in [0, 0.1) is 0 Å². The molecule has 0 aliphatic heterocycles. The molecule has 0 saturated heterocycles. The molecule has 2 nitrogen and oxygen atoms in total. The van der Waals surface area contributed by atoms with E-state index in [-0.39, 0.29) is 0 Å². The summed E-state index contributed by atoms with van der Waals surface area (Å²) >= 11 is 6.35. The van der Waals surface area contributed by atoms with Crippen LogP contribution in [0.15, 0.2) is 15.2 Å². The van der Waals surface area contributed by atoms with Gasteiger partial charge >= 0.3 is 5.97 Å². The van der Waals surface area contributed by atoms with Crippen LogP contribution in [0.4, 0.5) is 0 Å². The number of rotatable bonds is 1. The van der Waals surface area contributed by atoms with Crippen LogP contribution < -0.4 is 0 Å². The summed E-state index contributed by atoms with van der Waals surface area (Å²) in [6.07, 6.45) is 0. The topological polar surface area (TPSA) is 37.3 Å². The normalized spacial score (nSPS) is 10.8. The highest BCUT2D eigenvalue weighted by Gasteiger charge is 2.12. The summed E-state index contributed by atoms with van der Waals surface area (Å²) < 4.78 is 2.03. The molecule has 0 radical (unpaired) electrons.